The Hall–Kier alpha value is -1.33. The van der Waals surface area contributed by atoms with Gasteiger partial charge in [-0.25, -0.2) is 4.21 Å². The highest BCUT2D eigenvalue weighted by Gasteiger charge is 2.12. The summed E-state index contributed by atoms with van der Waals surface area (Å²) in [6, 6.07) is 5.37. The van der Waals surface area contributed by atoms with Crippen LogP contribution in [-0.4, -0.2) is 15.6 Å². The molecular weight excluding hydrogens is 216 g/mol. The summed E-state index contributed by atoms with van der Waals surface area (Å²) in [5.41, 5.74) is 0.819. The van der Waals surface area contributed by atoms with Gasteiger partial charge in [-0.1, -0.05) is 6.07 Å². The van der Waals surface area contributed by atoms with Gasteiger partial charge in [-0.3, -0.25) is 0 Å². The zero-order valence-corrected chi connectivity index (χ0v) is 8.91. The van der Waals surface area contributed by atoms with Crippen LogP contribution in [0.2, 0.25) is 0 Å². The van der Waals surface area contributed by atoms with E-state index in [1.165, 1.54) is 0 Å². The van der Waals surface area contributed by atoms with Crippen LogP contribution in [0.4, 0.5) is 0 Å². The third kappa shape index (κ3) is 2.19. The second-order valence-corrected chi connectivity index (χ2v) is 4.26. The predicted octanol–water partition coefficient (Wildman–Crippen LogP) is 2.00. The molecule has 0 fully saturated rings. The lowest BCUT2D eigenvalue weighted by atomic mass is 10.2. The first kappa shape index (κ1) is 10.2. The fourth-order valence-electron chi connectivity index (χ4n) is 1.29. The monoisotopic (exact) mass is 226 g/mol. The molecule has 1 aliphatic rings. The first-order valence-corrected chi connectivity index (χ1v) is 5.46. The minimum atomic E-state index is -1.92. The van der Waals surface area contributed by atoms with Crippen LogP contribution in [0.15, 0.2) is 23.1 Å². The highest BCUT2D eigenvalue weighted by atomic mass is 32.2. The number of hydrogen-bond donors (Lipinski definition) is 1. The van der Waals surface area contributed by atoms with Crippen molar-refractivity contribution in [3.8, 4) is 11.5 Å². The smallest absolute Gasteiger partial charge is 0.231 e. The highest BCUT2D eigenvalue weighted by Crippen LogP contribution is 2.33. The zero-order valence-electron chi connectivity index (χ0n) is 8.10. The Morgan fingerprint density at radius 2 is 2.20 bits per heavy atom. The molecule has 1 aliphatic heterocycles. The fraction of sp³-hybridized carbons (Fsp3) is 0.200. The largest absolute Gasteiger partial charge is 0.454 e. The van der Waals surface area contributed by atoms with Crippen LogP contribution in [0.1, 0.15) is 12.5 Å². The standard InChI is InChI=1S/C10H10O4S/c1-7(15(11)12)4-8-2-3-9-10(5-8)14-6-13-9/h2-5H,6H2,1H3,(H,11,12)/b7-4-. The molecule has 0 saturated carbocycles. The van der Waals surface area contributed by atoms with E-state index in [9.17, 15) is 4.21 Å². The summed E-state index contributed by atoms with van der Waals surface area (Å²) in [5, 5.41) is 0. The van der Waals surface area contributed by atoms with E-state index < -0.39 is 11.1 Å². The molecule has 0 saturated heterocycles. The van der Waals surface area contributed by atoms with Crippen LogP contribution in [0.25, 0.3) is 6.08 Å². The van der Waals surface area contributed by atoms with Gasteiger partial charge in [0, 0.05) is 4.91 Å². The molecule has 1 aromatic carbocycles. The quantitative estimate of drug-likeness (QED) is 0.783. The van der Waals surface area contributed by atoms with Gasteiger partial charge in [-0.15, -0.1) is 0 Å². The van der Waals surface area contributed by atoms with Gasteiger partial charge in [0.1, 0.15) is 0 Å². The van der Waals surface area contributed by atoms with Crippen molar-refractivity contribution in [3.05, 3.63) is 28.7 Å². The molecule has 0 radical (unpaired) electrons. The normalized spacial score (nSPS) is 16.5. The molecule has 0 aliphatic carbocycles. The van der Waals surface area contributed by atoms with E-state index in [-0.39, 0.29) is 6.79 Å². The second-order valence-electron chi connectivity index (χ2n) is 3.12. The summed E-state index contributed by atoms with van der Waals surface area (Å²) in [6.07, 6.45) is 1.64. The summed E-state index contributed by atoms with van der Waals surface area (Å²) in [5.74, 6) is 1.37. The fourth-order valence-corrected chi connectivity index (χ4v) is 1.52. The van der Waals surface area contributed by atoms with Gasteiger partial charge in [0.2, 0.25) is 6.79 Å². The molecule has 0 spiro atoms. The maximum atomic E-state index is 10.7. The molecule has 1 heterocycles. The van der Waals surface area contributed by atoms with Crippen LogP contribution >= 0.6 is 0 Å². The lowest BCUT2D eigenvalue weighted by Crippen LogP contribution is -1.92. The van der Waals surface area contributed by atoms with E-state index in [0.29, 0.717) is 16.4 Å². The van der Waals surface area contributed by atoms with Crippen LogP contribution in [0.3, 0.4) is 0 Å². The molecule has 4 nitrogen and oxygen atoms in total. The molecule has 1 unspecified atom stereocenters. The summed E-state index contributed by atoms with van der Waals surface area (Å²) in [4.78, 5) is 0.397. The number of rotatable bonds is 2. The molecule has 1 N–H and O–H groups in total. The van der Waals surface area contributed by atoms with E-state index in [1.54, 1.807) is 25.1 Å². The third-order valence-corrected chi connectivity index (χ3v) is 2.71. The first-order valence-electron chi connectivity index (χ1n) is 4.35. The Kier molecular flexibility index (Phi) is 2.75. The van der Waals surface area contributed by atoms with Crippen molar-refractivity contribution in [2.45, 2.75) is 6.92 Å². The molecule has 1 aromatic rings. The average Bonchev–Trinajstić information content (AvgIpc) is 2.64. The van der Waals surface area contributed by atoms with Gasteiger partial charge in [0.05, 0.1) is 0 Å². The van der Waals surface area contributed by atoms with E-state index in [0.717, 1.165) is 5.56 Å². The van der Waals surface area contributed by atoms with E-state index in [1.807, 2.05) is 6.07 Å². The van der Waals surface area contributed by atoms with Crippen molar-refractivity contribution in [2.75, 3.05) is 6.79 Å². The number of fused-ring (bicyclic) bond motifs is 1. The van der Waals surface area contributed by atoms with E-state index >= 15 is 0 Å². The van der Waals surface area contributed by atoms with Gasteiger partial charge in [0.25, 0.3) is 0 Å². The van der Waals surface area contributed by atoms with Crippen molar-refractivity contribution in [3.63, 3.8) is 0 Å². The number of allylic oxidation sites excluding steroid dienone is 1. The summed E-state index contributed by atoms with van der Waals surface area (Å²) < 4.78 is 29.9. The van der Waals surface area contributed by atoms with E-state index in [2.05, 4.69) is 0 Å². The number of benzene rings is 1. The Labute approximate surface area is 89.8 Å². The van der Waals surface area contributed by atoms with Crippen molar-refractivity contribution < 1.29 is 18.2 Å². The summed E-state index contributed by atoms with van der Waals surface area (Å²) >= 11 is -1.92. The first-order chi connectivity index (χ1) is 7.16. The SMILES string of the molecule is C/C(=C/c1ccc2c(c1)OCO2)S(=O)O. The van der Waals surface area contributed by atoms with Crippen LogP contribution in [0, 0.1) is 0 Å². The van der Waals surface area contributed by atoms with Crippen LogP contribution in [0.5, 0.6) is 11.5 Å². The van der Waals surface area contributed by atoms with Crippen LogP contribution in [-0.2, 0) is 11.1 Å². The lowest BCUT2D eigenvalue weighted by molar-refractivity contribution is 0.174. The minimum absolute atomic E-state index is 0.230. The van der Waals surface area contributed by atoms with Crippen LogP contribution < -0.4 is 9.47 Å². The Morgan fingerprint density at radius 3 is 2.93 bits per heavy atom. The molecule has 80 valence electrons. The highest BCUT2D eigenvalue weighted by molar-refractivity contribution is 7.83. The van der Waals surface area contributed by atoms with Crippen molar-refractivity contribution in [1.82, 2.24) is 0 Å². The second kappa shape index (κ2) is 4.04. The van der Waals surface area contributed by atoms with Gasteiger partial charge < -0.3 is 14.0 Å². The van der Waals surface area contributed by atoms with Gasteiger partial charge in [-0.05, 0) is 30.7 Å². The van der Waals surface area contributed by atoms with Crippen molar-refractivity contribution in [2.24, 2.45) is 0 Å². The van der Waals surface area contributed by atoms with Crippen molar-refractivity contribution in [1.29, 1.82) is 0 Å². The molecule has 0 aromatic heterocycles. The summed E-state index contributed by atoms with van der Waals surface area (Å²) in [6.45, 7) is 1.83. The van der Waals surface area contributed by atoms with E-state index in [4.69, 9.17) is 14.0 Å². The van der Waals surface area contributed by atoms with Gasteiger partial charge in [0.15, 0.2) is 22.6 Å². The maximum absolute atomic E-state index is 10.7. The average molecular weight is 226 g/mol. The molecule has 2 rings (SSSR count). The summed E-state index contributed by atoms with van der Waals surface area (Å²) in [7, 11) is 0. The lowest BCUT2D eigenvalue weighted by Gasteiger charge is -1.99. The number of hydrogen-bond acceptors (Lipinski definition) is 3. The predicted molar refractivity (Wildman–Crippen MR) is 57.0 cm³/mol. The molecule has 0 amide bonds. The Morgan fingerprint density at radius 1 is 1.47 bits per heavy atom. The molecule has 15 heavy (non-hydrogen) atoms. The maximum Gasteiger partial charge on any atom is 0.231 e. The molecule has 0 bridgehead atoms. The molecule has 5 heteroatoms. The zero-order chi connectivity index (χ0) is 10.8. The number of ether oxygens (including phenoxy) is 2. The minimum Gasteiger partial charge on any atom is -0.454 e. The molecule has 1 atom stereocenters. The third-order valence-electron chi connectivity index (χ3n) is 2.04. The topological polar surface area (TPSA) is 55.8 Å². The Bertz CT molecular complexity index is 439. The molecular formula is C10H10O4S. The Balaban J connectivity index is 2.31. The van der Waals surface area contributed by atoms with Gasteiger partial charge >= 0.3 is 0 Å². The van der Waals surface area contributed by atoms with Crippen molar-refractivity contribution >= 4 is 17.2 Å². The van der Waals surface area contributed by atoms with Gasteiger partial charge in [-0.2, -0.15) is 0 Å².